The summed E-state index contributed by atoms with van der Waals surface area (Å²) in [5.74, 6) is -0.105. The molecule has 0 spiro atoms. The Morgan fingerprint density at radius 1 is 1.20 bits per heavy atom. The summed E-state index contributed by atoms with van der Waals surface area (Å²) in [6.07, 6.45) is 5.55. The first-order chi connectivity index (χ1) is 12.1. The number of amides is 1. The smallest absolute Gasteiger partial charge is 0.244 e. The third-order valence-corrected chi connectivity index (χ3v) is 4.92. The first-order valence-electron chi connectivity index (χ1n) is 8.82. The molecule has 0 aliphatic carbocycles. The lowest BCUT2D eigenvalue weighted by Gasteiger charge is -2.34. The second-order valence-corrected chi connectivity index (χ2v) is 6.95. The highest BCUT2D eigenvalue weighted by Crippen LogP contribution is 2.19. The number of carbonyl (C=O) groups is 1. The quantitative estimate of drug-likeness (QED) is 0.875. The predicted molar refractivity (Wildman–Crippen MR) is 98.7 cm³/mol. The average molecular weight is 338 g/mol. The van der Waals surface area contributed by atoms with Crippen LogP contribution in [0.1, 0.15) is 30.9 Å². The molecule has 1 aromatic carbocycles. The van der Waals surface area contributed by atoms with Gasteiger partial charge in [0.15, 0.2) is 0 Å². The first-order valence-corrected chi connectivity index (χ1v) is 8.82. The zero-order valence-corrected chi connectivity index (χ0v) is 14.7. The van der Waals surface area contributed by atoms with E-state index in [1.165, 1.54) is 5.56 Å². The molecule has 5 nitrogen and oxygen atoms in total. The fourth-order valence-electron chi connectivity index (χ4n) is 3.23. The fraction of sp³-hybridized carbons (Fsp3) is 0.400. The predicted octanol–water partition coefficient (Wildman–Crippen LogP) is 2.04. The highest BCUT2D eigenvalue weighted by Gasteiger charge is 2.32. The lowest BCUT2D eigenvalue weighted by molar-refractivity contribution is -0.127. The van der Waals surface area contributed by atoms with Crippen LogP contribution in [0.25, 0.3) is 0 Å². The number of hydrogen-bond donors (Lipinski definition) is 2. The van der Waals surface area contributed by atoms with Crippen molar-refractivity contribution in [3.63, 3.8) is 0 Å². The van der Waals surface area contributed by atoms with Gasteiger partial charge in [-0.3, -0.25) is 14.7 Å². The van der Waals surface area contributed by atoms with Crippen molar-refractivity contribution in [3.8, 4) is 0 Å². The fourth-order valence-corrected chi connectivity index (χ4v) is 3.23. The molecule has 1 aliphatic heterocycles. The molecule has 0 bridgehead atoms. The highest BCUT2D eigenvalue weighted by molar-refractivity contribution is 5.87. The minimum Gasteiger partial charge on any atom is -0.351 e. The van der Waals surface area contributed by atoms with Crippen LogP contribution in [0.2, 0.25) is 0 Å². The van der Waals surface area contributed by atoms with Crippen LogP contribution in [0.3, 0.4) is 0 Å². The van der Waals surface area contributed by atoms with Crippen molar-refractivity contribution < 1.29 is 4.79 Å². The number of aromatic nitrogens is 1. The molecule has 0 saturated carbocycles. The van der Waals surface area contributed by atoms with Crippen molar-refractivity contribution in [1.29, 1.82) is 0 Å². The normalized spacial score (nSPS) is 18.5. The number of rotatable bonds is 5. The summed E-state index contributed by atoms with van der Waals surface area (Å²) in [5, 5.41) is 3.14. The number of piperidine rings is 1. The summed E-state index contributed by atoms with van der Waals surface area (Å²) in [6.45, 7) is 4.65. The molecule has 1 aromatic heterocycles. The summed E-state index contributed by atoms with van der Waals surface area (Å²) in [6, 6.07) is 13.8. The monoisotopic (exact) mass is 338 g/mol. The minimum absolute atomic E-state index is 0.105. The second kappa shape index (κ2) is 7.76. The van der Waals surface area contributed by atoms with Crippen LogP contribution in [0.4, 0.5) is 0 Å². The molecular weight excluding hydrogens is 312 g/mol. The summed E-state index contributed by atoms with van der Waals surface area (Å²) in [7, 11) is 0. The third kappa shape index (κ3) is 4.44. The molecule has 2 heterocycles. The summed E-state index contributed by atoms with van der Waals surface area (Å²) in [4.78, 5) is 19.1. The Kier molecular flexibility index (Phi) is 5.46. The van der Waals surface area contributed by atoms with Crippen LogP contribution in [0.15, 0.2) is 54.9 Å². The lowest BCUT2D eigenvalue weighted by Crippen LogP contribution is -2.54. The van der Waals surface area contributed by atoms with E-state index in [1.807, 2.05) is 54.9 Å². The molecule has 1 atom stereocenters. The van der Waals surface area contributed by atoms with Gasteiger partial charge in [-0.2, -0.15) is 0 Å². The maximum Gasteiger partial charge on any atom is 0.244 e. The lowest BCUT2D eigenvalue weighted by atomic mass is 9.91. The Morgan fingerprint density at radius 2 is 1.84 bits per heavy atom. The number of hydrogen-bond acceptors (Lipinski definition) is 4. The van der Waals surface area contributed by atoms with Gasteiger partial charge in [-0.15, -0.1) is 0 Å². The number of nitrogens with two attached hydrogens (primary N) is 1. The largest absolute Gasteiger partial charge is 0.351 e. The number of likely N-dealkylation sites (tertiary alicyclic amines) is 1. The van der Waals surface area contributed by atoms with Gasteiger partial charge in [-0.05, 0) is 43.0 Å². The molecule has 5 heteroatoms. The van der Waals surface area contributed by atoms with Crippen LogP contribution in [0.5, 0.6) is 0 Å². The van der Waals surface area contributed by atoms with Crippen molar-refractivity contribution in [2.24, 2.45) is 5.73 Å². The molecule has 1 saturated heterocycles. The van der Waals surface area contributed by atoms with Gasteiger partial charge in [0.05, 0.1) is 0 Å². The van der Waals surface area contributed by atoms with Crippen LogP contribution in [0, 0.1) is 0 Å². The number of nitrogens with one attached hydrogen (secondary N) is 1. The van der Waals surface area contributed by atoms with Crippen molar-refractivity contribution >= 4 is 5.91 Å². The van der Waals surface area contributed by atoms with Gasteiger partial charge in [-0.1, -0.05) is 30.3 Å². The van der Waals surface area contributed by atoms with E-state index < -0.39 is 5.54 Å². The number of nitrogens with zero attached hydrogens (tertiary/aromatic N) is 2. The van der Waals surface area contributed by atoms with Crippen molar-refractivity contribution in [1.82, 2.24) is 15.2 Å². The number of benzene rings is 1. The molecule has 0 radical (unpaired) electrons. The molecule has 25 heavy (non-hydrogen) atoms. The van der Waals surface area contributed by atoms with E-state index in [1.54, 1.807) is 6.92 Å². The van der Waals surface area contributed by atoms with Crippen molar-refractivity contribution in [2.75, 3.05) is 13.1 Å². The van der Waals surface area contributed by atoms with Gasteiger partial charge in [-0.25, -0.2) is 0 Å². The van der Waals surface area contributed by atoms with E-state index in [0.29, 0.717) is 0 Å². The maximum absolute atomic E-state index is 12.6. The summed E-state index contributed by atoms with van der Waals surface area (Å²) >= 11 is 0. The molecule has 132 valence electrons. The van der Waals surface area contributed by atoms with Gasteiger partial charge in [0, 0.05) is 38.1 Å². The van der Waals surface area contributed by atoms with E-state index in [4.69, 9.17) is 5.73 Å². The zero-order chi connectivity index (χ0) is 17.7. The number of carbonyl (C=O) groups excluding carboxylic acids is 1. The average Bonchev–Trinajstić information content (AvgIpc) is 2.65. The SMILES string of the molecule is CC(N)(C(=O)NC1CCN(Cc2ccncc2)CC1)c1ccccc1. The van der Waals surface area contributed by atoms with Crippen LogP contribution < -0.4 is 11.1 Å². The molecule has 2 aromatic rings. The van der Waals surface area contributed by atoms with Gasteiger partial charge in [0.2, 0.25) is 5.91 Å². The molecule has 3 rings (SSSR count). The van der Waals surface area contributed by atoms with Crippen molar-refractivity contribution in [2.45, 2.75) is 37.9 Å². The van der Waals surface area contributed by atoms with Gasteiger partial charge in [0.1, 0.15) is 5.54 Å². The standard InChI is InChI=1S/C20H26N4O/c1-20(21,17-5-3-2-4-6-17)19(25)23-18-9-13-24(14-10-18)15-16-7-11-22-12-8-16/h2-8,11-12,18H,9-10,13-15,21H2,1H3,(H,23,25). The molecule has 1 amide bonds. The van der Waals surface area contributed by atoms with E-state index in [9.17, 15) is 4.79 Å². The van der Waals surface area contributed by atoms with Crippen LogP contribution in [-0.4, -0.2) is 34.9 Å². The summed E-state index contributed by atoms with van der Waals surface area (Å²) < 4.78 is 0. The van der Waals surface area contributed by atoms with Gasteiger partial charge < -0.3 is 11.1 Å². The van der Waals surface area contributed by atoms with Crippen LogP contribution >= 0.6 is 0 Å². The molecule has 1 unspecified atom stereocenters. The Bertz CT molecular complexity index is 679. The van der Waals surface area contributed by atoms with Gasteiger partial charge in [0.25, 0.3) is 0 Å². The van der Waals surface area contributed by atoms with E-state index in [2.05, 4.69) is 15.2 Å². The minimum atomic E-state index is -1.00. The zero-order valence-electron chi connectivity index (χ0n) is 14.7. The molecule has 3 N–H and O–H groups in total. The van der Waals surface area contributed by atoms with E-state index in [-0.39, 0.29) is 11.9 Å². The Hall–Kier alpha value is -2.24. The van der Waals surface area contributed by atoms with Crippen LogP contribution in [-0.2, 0) is 16.9 Å². The first kappa shape index (κ1) is 17.6. The molecule has 1 aliphatic rings. The molecular formula is C20H26N4O. The Morgan fingerprint density at radius 3 is 2.48 bits per heavy atom. The Balaban J connectivity index is 1.51. The molecule has 1 fully saturated rings. The Labute approximate surface area is 149 Å². The topological polar surface area (TPSA) is 71.2 Å². The summed E-state index contributed by atoms with van der Waals surface area (Å²) in [5.41, 5.74) is 7.41. The van der Waals surface area contributed by atoms with Gasteiger partial charge >= 0.3 is 0 Å². The maximum atomic E-state index is 12.6. The number of pyridine rings is 1. The third-order valence-electron chi connectivity index (χ3n) is 4.92. The van der Waals surface area contributed by atoms with E-state index >= 15 is 0 Å². The highest BCUT2D eigenvalue weighted by atomic mass is 16.2. The van der Waals surface area contributed by atoms with Crippen molar-refractivity contribution in [3.05, 3.63) is 66.0 Å². The second-order valence-electron chi connectivity index (χ2n) is 6.95. The van der Waals surface area contributed by atoms with E-state index in [0.717, 1.165) is 38.0 Å².